The summed E-state index contributed by atoms with van der Waals surface area (Å²) in [6.45, 7) is 5.04. The van der Waals surface area contributed by atoms with Crippen LogP contribution in [0.4, 0.5) is 4.39 Å². The van der Waals surface area contributed by atoms with Crippen molar-refractivity contribution < 1.29 is 23.1 Å². The Labute approximate surface area is 231 Å². The van der Waals surface area contributed by atoms with Gasteiger partial charge >= 0.3 is 0 Å². The van der Waals surface area contributed by atoms with Crippen molar-refractivity contribution in [1.29, 1.82) is 0 Å². The first-order valence-corrected chi connectivity index (χ1v) is 13.9. The third-order valence-corrected chi connectivity index (χ3v) is 7.98. The molecule has 2 aromatic carbocycles. The fourth-order valence-corrected chi connectivity index (χ4v) is 5.78. The van der Waals surface area contributed by atoms with Crippen LogP contribution in [0.2, 0.25) is 0 Å². The number of carbonyl (C=O) groups is 2. The predicted octanol–water partition coefficient (Wildman–Crippen LogP) is 6.45. The fraction of sp³-hybridized carbons (Fsp3) is 0.290. The Morgan fingerprint density at radius 3 is 2.67 bits per heavy atom. The first kappa shape index (κ1) is 26.7. The van der Waals surface area contributed by atoms with Gasteiger partial charge in [-0.1, -0.05) is 32.0 Å². The first-order chi connectivity index (χ1) is 18.9. The monoisotopic (exact) mass is 546 g/mol. The molecule has 0 bridgehead atoms. The van der Waals surface area contributed by atoms with Crippen molar-refractivity contribution in [2.75, 3.05) is 19.7 Å². The van der Waals surface area contributed by atoms with Crippen LogP contribution >= 0.6 is 11.3 Å². The lowest BCUT2D eigenvalue weighted by Crippen LogP contribution is -2.47. The summed E-state index contributed by atoms with van der Waals surface area (Å²) in [5, 5.41) is 2.04. The van der Waals surface area contributed by atoms with E-state index in [1.165, 1.54) is 39.8 Å². The van der Waals surface area contributed by atoms with Gasteiger partial charge in [-0.3, -0.25) is 9.59 Å². The van der Waals surface area contributed by atoms with Crippen molar-refractivity contribution in [1.82, 2.24) is 9.80 Å². The van der Waals surface area contributed by atoms with E-state index in [4.69, 9.17) is 9.15 Å². The van der Waals surface area contributed by atoms with Gasteiger partial charge in [-0.05, 0) is 77.4 Å². The molecule has 0 aliphatic carbocycles. The Morgan fingerprint density at radius 1 is 1.13 bits per heavy atom. The maximum absolute atomic E-state index is 13.9. The number of amides is 2. The molecule has 0 N–H and O–H groups in total. The number of thiophene rings is 1. The maximum Gasteiger partial charge on any atom is 0.254 e. The molecule has 0 radical (unpaired) electrons. The molecule has 0 spiro atoms. The molecule has 8 heteroatoms. The predicted molar refractivity (Wildman–Crippen MR) is 148 cm³/mol. The summed E-state index contributed by atoms with van der Waals surface area (Å²) < 4.78 is 25.5. The van der Waals surface area contributed by atoms with Crippen molar-refractivity contribution in [3.8, 4) is 5.75 Å². The van der Waals surface area contributed by atoms with Crippen LogP contribution in [0.3, 0.4) is 0 Å². The number of benzene rings is 2. The minimum absolute atomic E-state index is 0.0923. The van der Waals surface area contributed by atoms with Gasteiger partial charge in [-0.25, -0.2) is 4.39 Å². The van der Waals surface area contributed by atoms with Crippen LogP contribution in [-0.2, 0) is 17.8 Å². The molecule has 0 saturated carbocycles. The van der Waals surface area contributed by atoms with Gasteiger partial charge in [0, 0.05) is 17.0 Å². The molecular weight excluding hydrogens is 515 g/mol. The van der Waals surface area contributed by atoms with E-state index in [0.717, 1.165) is 17.7 Å². The molecule has 0 saturated heterocycles. The van der Waals surface area contributed by atoms with Crippen LogP contribution in [-0.4, -0.2) is 41.3 Å². The lowest BCUT2D eigenvalue weighted by molar-refractivity contribution is -0.135. The quantitative estimate of drug-likeness (QED) is 0.242. The van der Waals surface area contributed by atoms with Crippen molar-refractivity contribution in [2.24, 2.45) is 0 Å². The molecule has 39 heavy (non-hydrogen) atoms. The van der Waals surface area contributed by atoms with Gasteiger partial charge in [0.25, 0.3) is 5.91 Å². The lowest BCUT2D eigenvalue weighted by Gasteiger charge is -2.37. The van der Waals surface area contributed by atoms with Crippen molar-refractivity contribution in [2.45, 2.75) is 38.8 Å². The van der Waals surface area contributed by atoms with Crippen LogP contribution in [0.15, 0.2) is 82.8 Å². The number of hydrogen-bond acceptors (Lipinski definition) is 5. The Balaban J connectivity index is 1.36. The summed E-state index contributed by atoms with van der Waals surface area (Å²) in [6.07, 6.45) is 2.26. The summed E-state index contributed by atoms with van der Waals surface area (Å²) in [5.41, 5.74) is 2.49. The van der Waals surface area contributed by atoms with Gasteiger partial charge in [0.05, 0.1) is 18.8 Å². The molecule has 202 valence electrons. The SMILES string of the molecule is CC(C)c1ccc(OC[C@H]2c3ccsc3CCN2C(=O)CN(Cc2ccco2)C(=O)c2cccc(F)c2)cc1. The topological polar surface area (TPSA) is 63.0 Å². The molecule has 0 unspecified atom stereocenters. The van der Waals surface area contributed by atoms with E-state index in [1.807, 2.05) is 23.6 Å². The number of rotatable bonds is 9. The number of furan rings is 1. The molecular formula is C31H31FN2O4S. The standard InChI is InChI=1S/C31H31FN2O4S/c1-21(2)22-8-10-25(11-9-22)38-20-28-27-13-16-39-29(27)12-14-34(28)30(35)19-33(18-26-7-4-15-37-26)31(36)23-5-3-6-24(32)17-23/h3-11,13,15-17,21,28H,12,14,18-20H2,1-2H3/t28-/m0/s1. The number of hydrogen-bond donors (Lipinski definition) is 0. The van der Waals surface area contributed by atoms with E-state index in [1.54, 1.807) is 34.4 Å². The fourth-order valence-electron chi connectivity index (χ4n) is 4.85. The number of ether oxygens (including phenoxy) is 1. The van der Waals surface area contributed by atoms with E-state index >= 15 is 0 Å². The zero-order valence-electron chi connectivity index (χ0n) is 22.0. The van der Waals surface area contributed by atoms with Crippen molar-refractivity contribution in [3.05, 3.63) is 112 Å². The van der Waals surface area contributed by atoms with Crippen molar-refractivity contribution >= 4 is 23.2 Å². The molecule has 0 fully saturated rings. The van der Waals surface area contributed by atoms with Gasteiger partial charge in [0.2, 0.25) is 5.91 Å². The molecule has 1 aliphatic rings. The largest absolute Gasteiger partial charge is 0.491 e. The minimum Gasteiger partial charge on any atom is -0.491 e. The second kappa shape index (κ2) is 11.9. The highest BCUT2D eigenvalue weighted by molar-refractivity contribution is 7.10. The third-order valence-electron chi connectivity index (χ3n) is 6.98. The molecule has 1 aliphatic heterocycles. The maximum atomic E-state index is 13.9. The molecule has 2 aromatic heterocycles. The summed E-state index contributed by atoms with van der Waals surface area (Å²) in [6, 6.07) is 18.8. The highest BCUT2D eigenvalue weighted by Crippen LogP contribution is 2.34. The molecule has 1 atom stereocenters. The van der Waals surface area contributed by atoms with Crippen molar-refractivity contribution in [3.63, 3.8) is 0 Å². The second-order valence-electron chi connectivity index (χ2n) is 9.94. The lowest BCUT2D eigenvalue weighted by atomic mass is 10.00. The van der Waals surface area contributed by atoms with E-state index < -0.39 is 11.7 Å². The number of fused-ring (bicyclic) bond motifs is 1. The van der Waals surface area contributed by atoms with Crippen LogP contribution < -0.4 is 4.74 Å². The smallest absolute Gasteiger partial charge is 0.254 e. The van der Waals surface area contributed by atoms with E-state index in [0.29, 0.717) is 24.8 Å². The summed E-state index contributed by atoms with van der Waals surface area (Å²) >= 11 is 1.68. The van der Waals surface area contributed by atoms with E-state index in [2.05, 4.69) is 26.0 Å². The summed E-state index contributed by atoms with van der Waals surface area (Å²) in [5.74, 6) is 0.561. The average Bonchev–Trinajstić information content (AvgIpc) is 3.63. The Hall–Kier alpha value is -3.91. The Kier molecular flexibility index (Phi) is 8.12. The molecule has 3 heterocycles. The Morgan fingerprint density at radius 2 is 1.95 bits per heavy atom. The van der Waals surface area contributed by atoms with Gasteiger partial charge in [-0.2, -0.15) is 0 Å². The Bertz CT molecular complexity index is 1410. The molecule has 4 aromatic rings. The van der Waals surface area contributed by atoms with E-state index in [-0.39, 0.29) is 30.6 Å². The molecule has 2 amide bonds. The highest BCUT2D eigenvalue weighted by atomic mass is 32.1. The molecule has 5 rings (SSSR count). The van der Waals surface area contributed by atoms with Crippen LogP contribution in [0.25, 0.3) is 0 Å². The summed E-state index contributed by atoms with van der Waals surface area (Å²) in [7, 11) is 0. The van der Waals surface area contributed by atoms with Gasteiger partial charge < -0.3 is 19.0 Å². The molecule has 6 nitrogen and oxygen atoms in total. The second-order valence-corrected chi connectivity index (χ2v) is 10.9. The van der Waals surface area contributed by atoms with E-state index in [9.17, 15) is 14.0 Å². The van der Waals surface area contributed by atoms with Crippen LogP contribution in [0, 0.1) is 5.82 Å². The van der Waals surface area contributed by atoms with Gasteiger partial charge in [0.1, 0.15) is 30.5 Å². The van der Waals surface area contributed by atoms with Crippen LogP contribution in [0.5, 0.6) is 5.75 Å². The number of halogens is 1. The summed E-state index contributed by atoms with van der Waals surface area (Å²) in [4.78, 5) is 31.6. The van der Waals surface area contributed by atoms with Crippen LogP contribution in [0.1, 0.15) is 57.9 Å². The zero-order valence-corrected chi connectivity index (χ0v) is 22.8. The zero-order chi connectivity index (χ0) is 27.4. The third kappa shape index (κ3) is 6.23. The normalized spacial score (nSPS) is 14.8. The number of carbonyl (C=O) groups excluding carboxylic acids is 2. The first-order valence-electron chi connectivity index (χ1n) is 13.0. The van der Waals surface area contributed by atoms with Gasteiger partial charge in [0.15, 0.2) is 0 Å². The average molecular weight is 547 g/mol. The highest BCUT2D eigenvalue weighted by Gasteiger charge is 2.34. The minimum atomic E-state index is -0.509. The number of nitrogens with zero attached hydrogens (tertiary/aromatic N) is 2. The van der Waals surface area contributed by atoms with Gasteiger partial charge in [-0.15, -0.1) is 11.3 Å².